The largest absolute Gasteiger partial charge is 0.325 e. The van der Waals surface area contributed by atoms with E-state index in [1.165, 1.54) is 4.31 Å². The molecule has 6 nitrogen and oxygen atoms in total. The standard InChI is InChI=1S/C23H31N3O3S/c1-4-19(3)20-8-10-22(11-9-20)30(28,29)26-14-12-25(13-15-26)17-23(27)24-21-7-5-6-18(2)16-21/h5-11,16,19H,4,12-15,17H2,1-3H3,(H,24,27). The number of aryl methyl sites for hydroxylation is 1. The summed E-state index contributed by atoms with van der Waals surface area (Å²) in [7, 11) is -3.51. The number of amides is 1. The zero-order valence-electron chi connectivity index (χ0n) is 18.0. The third-order valence-corrected chi connectivity index (χ3v) is 7.61. The van der Waals surface area contributed by atoms with E-state index in [9.17, 15) is 13.2 Å². The molecule has 3 rings (SSSR count). The number of carbonyl (C=O) groups is 1. The number of anilines is 1. The molecule has 2 aromatic carbocycles. The first-order valence-corrected chi connectivity index (χ1v) is 11.9. The third kappa shape index (κ3) is 5.47. The third-order valence-electron chi connectivity index (χ3n) is 5.70. The van der Waals surface area contributed by atoms with E-state index in [1.807, 2.05) is 48.2 Å². The molecular weight excluding hydrogens is 398 g/mol. The van der Waals surface area contributed by atoms with Gasteiger partial charge in [-0.15, -0.1) is 0 Å². The van der Waals surface area contributed by atoms with E-state index in [0.29, 0.717) is 37.0 Å². The predicted molar refractivity (Wildman–Crippen MR) is 120 cm³/mol. The summed E-state index contributed by atoms with van der Waals surface area (Å²) in [4.78, 5) is 14.6. The van der Waals surface area contributed by atoms with E-state index in [2.05, 4.69) is 19.2 Å². The first kappa shape index (κ1) is 22.5. The predicted octanol–water partition coefficient (Wildman–Crippen LogP) is 3.45. The van der Waals surface area contributed by atoms with Crippen LogP contribution in [-0.4, -0.2) is 56.3 Å². The van der Waals surface area contributed by atoms with E-state index in [1.54, 1.807) is 12.1 Å². The Labute approximate surface area is 179 Å². The van der Waals surface area contributed by atoms with E-state index >= 15 is 0 Å². The van der Waals surface area contributed by atoms with Gasteiger partial charge in [0.25, 0.3) is 0 Å². The lowest BCUT2D eigenvalue weighted by atomic mass is 9.99. The van der Waals surface area contributed by atoms with Crippen molar-refractivity contribution >= 4 is 21.6 Å². The van der Waals surface area contributed by atoms with Crippen LogP contribution in [-0.2, 0) is 14.8 Å². The first-order valence-electron chi connectivity index (χ1n) is 10.5. The fraction of sp³-hybridized carbons (Fsp3) is 0.435. The van der Waals surface area contributed by atoms with Crippen molar-refractivity contribution in [1.82, 2.24) is 9.21 Å². The smallest absolute Gasteiger partial charge is 0.243 e. The van der Waals surface area contributed by atoms with Gasteiger partial charge in [-0.3, -0.25) is 9.69 Å². The number of sulfonamides is 1. The van der Waals surface area contributed by atoms with E-state index < -0.39 is 10.0 Å². The Morgan fingerprint density at radius 3 is 2.33 bits per heavy atom. The van der Waals surface area contributed by atoms with Crippen LogP contribution in [0.4, 0.5) is 5.69 Å². The van der Waals surface area contributed by atoms with Crippen molar-refractivity contribution in [1.29, 1.82) is 0 Å². The Morgan fingerprint density at radius 1 is 1.07 bits per heavy atom. The van der Waals surface area contributed by atoms with Crippen LogP contribution in [0.25, 0.3) is 0 Å². The molecule has 0 saturated carbocycles. The molecule has 1 N–H and O–H groups in total. The fourth-order valence-electron chi connectivity index (χ4n) is 3.61. The van der Waals surface area contributed by atoms with Crippen molar-refractivity contribution < 1.29 is 13.2 Å². The second-order valence-electron chi connectivity index (χ2n) is 7.98. The molecular formula is C23H31N3O3S. The number of hydrogen-bond acceptors (Lipinski definition) is 4. The van der Waals surface area contributed by atoms with Crippen LogP contribution >= 0.6 is 0 Å². The van der Waals surface area contributed by atoms with Gasteiger partial charge in [0.15, 0.2) is 0 Å². The second kappa shape index (κ2) is 9.73. The molecule has 30 heavy (non-hydrogen) atoms. The van der Waals surface area contributed by atoms with Crippen molar-refractivity contribution in [3.8, 4) is 0 Å². The van der Waals surface area contributed by atoms with Crippen molar-refractivity contribution in [3.63, 3.8) is 0 Å². The maximum Gasteiger partial charge on any atom is 0.243 e. The molecule has 1 saturated heterocycles. The normalized spacial score (nSPS) is 16.9. The molecule has 0 bridgehead atoms. The number of nitrogens with one attached hydrogen (secondary N) is 1. The van der Waals surface area contributed by atoms with Crippen molar-refractivity contribution in [2.75, 3.05) is 38.0 Å². The summed E-state index contributed by atoms with van der Waals surface area (Å²) in [6.07, 6.45) is 1.02. The average Bonchev–Trinajstić information content (AvgIpc) is 2.73. The minimum Gasteiger partial charge on any atom is -0.325 e. The molecule has 0 aromatic heterocycles. The summed E-state index contributed by atoms with van der Waals surface area (Å²) in [5, 5.41) is 2.90. The zero-order valence-corrected chi connectivity index (χ0v) is 18.8. The SMILES string of the molecule is CCC(C)c1ccc(S(=O)(=O)N2CCN(CC(=O)Nc3cccc(C)c3)CC2)cc1. The summed E-state index contributed by atoms with van der Waals surface area (Å²) in [6.45, 7) is 8.32. The quantitative estimate of drug-likeness (QED) is 0.732. The fourth-order valence-corrected chi connectivity index (χ4v) is 5.03. The highest BCUT2D eigenvalue weighted by Crippen LogP contribution is 2.23. The van der Waals surface area contributed by atoms with Crippen LogP contribution in [0, 0.1) is 6.92 Å². The summed E-state index contributed by atoms with van der Waals surface area (Å²) < 4.78 is 27.5. The molecule has 1 atom stereocenters. The molecule has 162 valence electrons. The number of hydrogen-bond donors (Lipinski definition) is 1. The summed E-state index contributed by atoms with van der Waals surface area (Å²) in [5.41, 5.74) is 3.02. The van der Waals surface area contributed by atoms with Crippen molar-refractivity contribution in [2.45, 2.75) is 38.0 Å². The molecule has 1 fully saturated rings. The molecule has 1 aliphatic heterocycles. The molecule has 1 amide bonds. The molecule has 1 heterocycles. The Morgan fingerprint density at radius 2 is 1.73 bits per heavy atom. The van der Waals surface area contributed by atoms with Crippen LogP contribution in [0.5, 0.6) is 0 Å². The van der Waals surface area contributed by atoms with Gasteiger partial charge >= 0.3 is 0 Å². The Kier molecular flexibility index (Phi) is 7.28. The summed E-state index contributed by atoms with van der Waals surface area (Å²) in [5.74, 6) is 0.328. The molecule has 0 spiro atoms. The van der Waals surface area contributed by atoms with Crippen molar-refractivity contribution in [3.05, 3.63) is 59.7 Å². The summed E-state index contributed by atoms with van der Waals surface area (Å²) >= 11 is 0. The highest BCUT2D eigenvalue weighted by atomic mass is 32.2. The van der Waals surface area contributed by atoms with E-state index in [4.69, 9.17) is 0 Å². The maximum atomic E-state index is 13.0. The number of nitrogens with zero attached hydrogens (tertiary/aromatic N) is 2. The Balaban J connectivity index is 1.54. The molecule has 1 aliphatic rings. The number of rotatable bonds is 7. The lowest BCUT2D eigenvalue weighted by Crippen LogP contribution is -2.50. The minimum atomic E-state index is -3.51. The molecule has 0 radical (unpaired) electrons. The van der Waals surface area contributed by atoms with Gasteiger partial charge in [0, 0.05) is 31.9 Å². The van der Waals surface area contributed by atoms with Crippen LogP contribution in [0.1, 0.15) is 37.3 Å². The van der Waals surface area contributed by atoms with Crippen LogP contribution in [0.15, 0.2) is 53.4 Å². The number of piperazine rings is 1. The maximum absolute atomic E-state index is 13.0. The van der Waals surface area contributed by atoms with Gasteiger partial charge in [0.2, 0.25) is 15.9 Å². The Bertz CT molecular complexity index is 965. The highest BCUT2D eigenvalue weighted by molar-refractivity contribution is 7.89. The molecule has 2 aromatic rings. The first-order chi connectivity index (χ1) is 14.3. The van der Waals surface area contributed by atoms with Crippen LogP contribution in [0.2, 0.25) is 0 Å². The van der Waals surface area contributed by atoms with Crippen molar-refractivity contribution in [2.24, 2.45) is 0 Å². The zero-order chi connectivity index (χ0) is 21.7. The van der Waals surface area contributed by atoms with Gasteiger partial charge in [0.05, 0.1) is 11.4 Å². The van der Waals surface area contributed by atoms with Gasteiger partial charge < -0.3 is 5.32 Å². The molecule has 1 unspecified atom stereocenters. The van der Waals surface area contributed by atoms with Crippen LogP contribution in [0.3, 0.4) is 0 Å². The van der Waals surface area contributed by atoms with Gasteiger partial charge in [-0.1, -0.05) is 38.1 Å². The number of carbonyl (C=O) groups excluding carboxylic acids is 1. The van der Waals surface area contributed by atoms with E-state index in [-0.39, 0.29) is 12.5 Å². The lowest BCUT2D eigenvalue weighted by Gasteiger charge is -2.33. The highest BCUT2D eigenvalue weighted by Gasteiger charge is 2.29. The minimum absolute atomic E-state index is 0.0856. The molecule has 7 heteroatoms. The lowest BCUT2D eigenvalue weighted by molar-refractivity contribution is -0.117. The van der Waals surface area contributed by atoms with Gasteiger partial charge in [0.1, 0.15) is 0 Å². The summed E-state index contributed by atoms with van der Waals surface area (Å²) in [6, 6.07) is 14.9. The van der Waals surface area contributed by atoms with Gasteiger partial charge in [-0.25, -0.2) is 8.42 Å². The van der Waals surface area contributed by atoms with Crippen LogP contribution < -0.4 is 5.32 Å². The monoisotopic (exact) mass is 429 g/mol. The van der Waals surface area contributed by atoms with Gasteiger partial charge in [-0.05, 0) is 54.7 Å². The number of benzene rings is 2. The average molecular weight is 430 g/mol. The van der Waals surface area contributed by atoms with Gasteiger partial charge in [-0.2, -0.15) is 4.31 Å². The topological polar surface area (TPSA) is 69.7 Å². The second-order valence-corrected chi connectivity index (χ2v) is 9.91. The molecule has 0 aliphatic carbocycles. The Hall–Kier alpha value is -2.22. The van der Waals surface area contributed by atoms with E-state index in [0.717, 1.165) is 23.2 Å².